The number of allylic oxidation sites excluding steroid dienone is 2. The number of halogens is 1. The van der Waals surface area contributed by atoms with Crippen molar-refractivity contribution in [3.8, 4) is 0 Å². The largest absolute Gasteiger partial charge is 0.294 e. The number of carbonyl (C=O) groups is 2. The molecule has 30 heavy (non-hydrogen) atoms. The van der Waals surface area contributed by atoms with Gasteiger partial charge in [0.15, 0.2) is 5.78 Å². The lowest BCUT2D eigenvalue weighted by molar-refractivity contribution is -0.384. The van der Waals surface area contributed by atoms with E-state index in [9.17, 15) is 19.7 Å². The monoisotopic (exact) mass is 468 g/mol. The topological polar surface area (TPSA) is 80.5 Å². The Labute approximate surface area is 182 Å². The minimum atomic E-state index is -0.454. The van der Waals surface area contributed by atoms with Crippen LogP contribution in [0.2, 0.25) is 0 Å². The summed E-state index contributed by atoms with van der Waals surface area (Å²) in [5.74, 6) is -0.423. The van der Waals surface area contributed by atoms with Crippen LogP contribution < -0.4 is 4.90 Å². The number of hydrogen-bond donors (Lipinski definition) is 0. The molecule has 2 aromatic rings. The fraction of sp³-hybridized carbons (Fsp3) is 0.304. The Hall–Kier alpha value is -2.80. The summed E-state index contributed by atoms with van der Waals surface area (Å²) < 4.78 is 0.911. The summed E-state index contributed by atoms with van der Waals surface area (Å²) in [7, 11) is 0. The number of Topliss-reactive ketones (excluding diaryl/α,β-unsaturated/α-hetero) is 1. The third-order valence-electron chi connectivity index (χ3n) is 5.73. The summed E-state index contributed by atoms with van der Waals surface area (Å²) in [5.41, 5.74) is 2.64. The highest BCUT2D eigenvalue weighted by molar-refractivity contribution is 9.10. The first-order valence-corrected chi connectivity index (χ1v) is 10.5. The van der Waals surface area contributed by atoms with Crippen molar-refractivity contribution in [3.05, 3.63) is 80.0 Å². The van der Waals surface area contributed by atoms with E-state index in [1.165, 1.54) is 12.1 Å². The molecule has 0 spiro atoms. The van der Waals surface area contributed by atoms with Gasteiger partial charge in [-0.25, -0.2) is 0 Å². The van der Waals surface area contributed by atoms with Gasteiger partial charge in [-0.2, -0.15) is 0 Å². The second kappa shape index (κ2) is 7.47. The predicted octanol–water partition coefficient (Wildman–Crippen LogP) is 5.52. The lowest BCUT2D eigenvalue weighted by Gasteiger charge is -2.43. The number of nitrogens with zero attached hydrogens (tertiary/aromatic N) is 2. The molecule has 4 rings (SSSR count). The number of hydrogen-bond acceptors (Lipinski definition) is 4. The van der Waals surface area contributed by atoms with Gasteiger partial charge in [-0.05, 0) is 41.7 Å². The fourth-order valence-electron chi connectivity index (χ4n) is 4.42. The second-order valence-corrected chi connectivity index (χ2v) is 9.53. The normalized spacial score (nSPS) is 20.9. The molecule has 2 aliphatic rings. The summed E-state index contributed by atoms with van der Waals surface area (Å²) in [4.78, 5) is 38.7. The van der Waals surface area contributed by atoms with Crippen LogP contribution in [0, 0.1) is 15.5 Å². The highest BCUT2D eigenvalue weighted by Crippen LogP contribution is 2.48. The van der Waals surface area contributed by atoms with Gasteiger partial charge in [0.2, 0.25) is 5.91 Å². The van der Waals surface area contributed by atoms with Gasteiger partial charge in [0.25, 0.3) is 5.69 Å². The van der Waals surface area contributed by atoms with Crippen molar-refractivity contribution in [2.75, 3.05) is 4.90 Å². The van der Waals surface area contributed by atoms with E-state index in [0.717, 1.165) is 21.4 Å². The van der Waals surface area contributed by atoms with E-state index in [1.807, 2.05) is 38.1 Å². The van der Waals surface area contributed by atoms with Gasteiger partial charge < -0.3 is 0 Å². The Balaban J connectivity index is 1.85. The zero-order valence-electron chi connectivity index (χ0n) is 16.7. The first kappa shape index (κ1) is 20.5. The summed E-state index contributed by atoms with van der Waals surface area (Å²) in [6.45, 7) is 4.07. The Bertz CT molecular complexity index is 1070. The van der Waals surface area contributed by atoms with Gasteiger partial charge in [0, 0.05) is 52.3 Å². The number of nitro benzene ring substituents is 1. The number of amides is 1. The number of rotatable bonds is 3. The molecule has 1 aliphatic heterocycles. The lowest BCUT2D eigenvalue weighted by atomic mass is 9.69. The molecule has 1 amide bonds. The van der Waals surface area contributed by atoms with Gasteiger partial charge in [-0.3, -0.25) is 24.6 Å². The highest BCUT2D eigenvalue weighted by Gasteiger charge is 2.44. The molecular weight excluding hydrogens is 448 g/mol. The molecule has 0 aromatic heterocycles. The lowest BCUT2D eigenvalue weighted by Crippen LogP contribution is -2.43. The predicted molar refractivity (Wildman–Crippen MR) is 117 cm³/mol. The quantitative estimate of drug-likeness (QED) is 0.438. The summed E-state index contributed by atoms with van der Waals surface area (Å²) in [6, 6.07) is 13.7. The highest BCUT2D eigenvalue weighted by atomic mass is 79.9. The first-order chi connectivity index (χ1) is 14.2. The van der Waals surface area contributed by atoms with E-state index in [0.29, 0.717) is 18.4 Å². The molecule has 0 saturated carbocycles. The molecule has 1 aliphatic carbocycles. The molecule has 154 valence electrons. The molecule has 0 N–H and O–H groups in total. The van der Waals surface area contributed by atoms with Crippen LogP contribution in [0.3, 0.4) is 0 Å². The molecular formula is C23H21BrN2O4. The van der Waals surface area contributed by atoms with Crippen molar-refractivity contribution in [3.63, 3.8) is 0 Å². The van der Waals surface area contributed by atoms with Crippen molar-refractivity contribution in [2.24, 2.45) is 5.41 Å². The van der Waals surface area contributed by atoms with E-state index in [-0.39, 0.29) is 35.1 Å². The molecule has 1 heterocycles. The van der Waals surface area contributed by atoms with Gasteiger partial charge in [-0.1, -0.05) is 41.9 Å². The molecule has 6 nitrogen and oxygen atoms in total. The van der Waals surface area contributed by atoms with Crippen LogP contribution in [-0.4, -0.2) is 16.6 Å². The minimum absolute atomic E-state index is 0.0114. The van der Waals surface area contributed by atoms with Crippen LogP contribution >= 0.6 is 15.9 Å². The average molecular weight is 469 g/mol. The Morgan fingerprint density at radius 1 is 1.03 bits per heavy atom. The van der Waals surface area contributed by atoms with Crippen LogP contribution in [0.25, 0.3) is 0 Å². The second-order valence-electron chi connectivity index (χ2n) is 8.61. The molecule has 1 unspecified atom stereocenters. The number of anilines is 1. The average Bonchev–Trinajstić information content (AvgIpc) is 2.67. The van der Waals surface area contributed by atoms with Crippen molar-refractivity contribution < 1.29 is 14.5 Å². The zero-order valence-corrected chi connectivity index (χ0v) is 18.3. The first-order valence-electron chi connectivity index (χ1n) is 9.75. The molecule has 7 heteroatoms. The van der Waals surface area contributed by atoms with E-state index < -0.39 is 4.92 Å². The molecule has 0 radical (unpaired) electrons. The maximum absolute atomic E-state index is 13.3. The number of non-ortho nitro benzene ring substituents is 1. The third-order valence-corrected chi connectivity index (χ3v) is 6.26. The van der Waals surface area contributed by atoms with E-state index >= 15 is 0 Å². The van der Waals surface area contributed by atoms with Gasteiger partial charge in [0.1, 0.15) is 0 Å². The molecule has 0 saturated heterocycles. The molecule has 1 atom stereocenters. The zero-order chi connectivity index (χ0) is 21.6. The number of carbonyl (C=O) groups excluding carboxylic acids is 2. The van der Waals surface area contributed by atoms with Crippen molar-refractivity contribution in [2.45, 2.75) is 39.0 Å². The minimum Gasteiger partial charge on any atom is -0.294 e. The maximum Gasteiger partial charge on any atom is 0.269 e. The van der Waals surface area contributed by atoms with Crippen molar-refractivity contribution in [1.82, 2.24) is 0 Å². The van der Waals surface area contributed by atoms with Crippen LogP contribution in [0.4, 0.5) is 11.4 Å². The van der Waals surface area contributed by atoms with Crippen molar-refractivity contribution >= 4 is 39.0 Å². The molecule has 2 aromatic carbocycles. The number of ketones is 1. The molecule has 0 bridgehead atoms. The van der Waals surface area contributed by atoms with Gasteiger partial charge >= 0.3 is 0 Å². The van der Waals surface area contributed by atoms with Crippen LogP contribution in [0.15, 0.2) is 64.3 Å². The summed E-state index contributed by atoms with van der Waals surface area (Å²) in [5, 5.41) is 11.0. The SMILES string of the molecule is CC1(C)CC(=O)C2=C(C1)N(c1ccc(Br)cc1)C(=O)CC2c1ccc([N+](=O)[O-])cc1. The number of benzene rings is 2. The number of nitro groups is 1. The maximum atomic E-state index is 13.3. The van der Waals surface area contributed by atoms with E-state index in [4.69, 9.17) is 0 Å². The summed E-state index contributed by atoms with van der Waals surface area (Å²) in [6.07, 6.45) is 1.18. The van der Waals surface area contributed by atoms with Crippen LogP contribution in [0.1, 0.15) is 44.6 Å². The van der Waals surface area contributed by atoms with Crippen LogP contribution in [-0.2, 0) is 9.59 Å². The smallest absolute Gasteiger partial charge is 0.269 e. The standard InChI is InChI=1S/C23H21BrN2O4/c1-23(2)12-19-22(20(27)13-23)18(14-3-7-17(8-4-14)26(29)30)11-21(28)25(19)16-9-5-15(24)6-10-16/h3-10,18H,11-13H2,1-2H3. The van der Waals surface area contributed by atoms with Gasteiger partial charge in [-0.15, -0.1) is 0 Å². The Morgan fingerprint density at radius 2 is 1.67 bits per heavy atom. The Kier molecular flexibility index (Phi) is 5.10. The fourth-order valence-corrected chi connectivity index (χ4v) is 4.68. The Morgan fingerprint density at radius 3 is 2.27 bits per heavy atom. The van der Waals surface area contributed by atoms with E-state index in [1.54, 1.807) is 17.0 Å². The van der Waals surface area contributed by atoms with Gasteiger partial charge in [0.05, 0.1) is 4.92 Å². The van der Waals surface area contributed by atoms with Crippen LogP contribution in [0.5, 0.6) is 0 Å². The summed E-state index contributed by atoms with van der Waals surface area (Å²) >= 11 is 3.42. The molecule has 0 fully saturated rings. The van der Waals surface area contributed by atoms with Crippen molar-refractivity contribution in [1.29, 1.82) is 0 Å². The third kappa shape index (κ3) is 3.69. The van der Waals surface area contributed by atoms with E-state index in [2.05, 4.69) is 15.9 Å².